The molecule has 1 aromatic heterocycles. The minimum atomic E-state index is 0.181. The molecule has 1 heterocycles. The molecule has 1 N–H and O–H groups in total. The molecule has 5 nitrogen and oxygen atoms in total. The molecule has 1 fully saturated rings. The molecule has 2 aromatic carbocycles. The maximum atomic E-state index is 11.8. The fourth-order valence-electron chi connectivity index (χ4n) is 3.12. The number of fused-ring (bicyclic) bond motifs is 1. The lowest BCUT2D eigenvalue weighted by atomic mass is 10.3. The SMILES string of the molecule is O=C(NCCc1nc2ccccc2n1CCOc1ccccc1)C1CC1. The van der Waals surface area contributed by atoms with Gasteiger partial charge < -0.3 is 14.6 Å². The summed E-state index contributed by atoms with van der Waals surface area (Å²) in [6, 6.07) is 18.0. The highest BCUT2D eigenvalue weighted by atomic mass is 16.5. The third kappa shape index (κ3) is 3.87. The summed E-state index contributed by atoms with van der Waals surface area (Å²) >= 11 is 0. The largest absolute Gasteiger partial charge is 0.492 e. The van der Waals surface area contributed by atoms with E-state index in [9.17, 15) is 4.79 Å². The fourth-order valence-corrected chi connectivity index (χ4v) is 3.12. The van der Waals surface area contributed by atoms with E-state index in [0.717, 1.165) is 48.4 Å². The summed E-state index contributed by atoms with van der Waals surface area (Å²) < 4.78 is 8.04. The second-order valence-corrected chi connectivity index (χ2v) is 6.65. The van der Waals surface area contributed by atoms with Gasteiger partial charge in [-0.2, -0.15) is 0 Å². The maximum absolute atomic E-state index is 11.8. The van der Waals surface area contributed by atoms with Crippen molar-refractivity contribution in [2.45, 2.75) is 25.8 Å². The van der Waals surface area contributed by atoms with E-state index in [1.807, 2.05) is 48.5 Å². The highest BCUT2D eigenvalue weighted by molar-refractivity contribution is 5.80. The van der Waals surface area contributed by atoms with Gasteiger partial charge in [-0.25, -0.2) is 4.98 Å². The number of hydrogen-bond donors (Lipinski definition) is 1. The molecule has 1 aliphatic carbocycles. The zero-order valence-electron chi connectivity index (χ0n) is 14.7. The molecule has 0 spiro atoms. The number of benzene rings is 2. The van der Waals surface area contributed by atoms with Crippen molar-refractivity contribution in [1.82, 2.24) is 14.9 Å². The van der Waals surface area contributed by atoms with Crippen LogP contribution in [0.5, 0.6) is 5.75 Å². The van der Waals surface area contributed by atoms with Crippen LogP contribution in [-0.4, -0.2) is 28.6 Å². The van der Waals surface area contributed by atoms with Crippen LogP contribution in [0.3, 0.4) is 0 Å². The summed E-state index contributed by atoms with van der Waals surface area (Å²) in [4.78, 5) is 16.6. The predicted molar refractivity (Wildman–Crippen MR) is 101 cm³/mol. The molecule has 134 valence electrons. The van der Waals surface area contributed by atoms with Crippen LogP contribution in [0.1, 0.15) is 18.7 Å². The Labute approximate surface area is 153 Å². The molecule has 0 aliphatic heterocycles. The molecule has 5 heteroatoms. The summed E-state index contributed by atoms with van der Waals surface area (Å²) in [7, 11) is 0. The number of carbonyl (C=O) groups is 1. The first-order valence-corrected chi connectivity index (χ1v) is 9.21. The molecule has 4 rings (SSSR count). The van der Waals surface area contributed by atoms with Crippen LogP contribution < -0.4 is 10.1 Å². The van der Waals surface area contributed by atoms with Gasteiger partial charge in [-0.3, -0.25) is 4.79 Å². The highest BCUT2D eigenvalue weighted by Crippen LogP contribution is 2.28. The van der Waals surface area contributed by atoms with Crippen LogP contribution in [0.4, 0.5) is 0 Å². The Morgan fingerprint density at radius 2 is 1.88 bits per heavy atom. The lowest BCUT2D eigenvalue weighted by Gasteiger charge is -2.11. The molecule has 0 bridgehead atoms. The first-order chi connectivity index (χ1) is 12.8. The predicted octanol–water partition coefficient (Wildman–Crippen LogP) is 3.18. The molecule has 0 radical (unpaired) electrons. The Kier molecular flexibility index (Phi) is 4.86. The smallest absolute Gasteiger partial charge is 0.223 e. The zero-order valence-corrected chi connectivity index (χ0v) is 14.7. The van der Waals surface area contributed by atoms with Crippen molar-refractivity contribution in [2.75, 3.05) is 13.2 Å². The minimum absolute atomic E-state index is 0.181. The van der Waals surface area contributed by atoms with E-state index in [1.165, 1.54) is 0 Å². The topological polar surface area (TPSA) is 56.2 Å². The van der Waals surface area contributed by atoms with E-state index >= 15 is 0 Å². The number of aromatic nitrogens is 2. The summed E-state index contributed by atoms with van der Waals surface area (Å²) in [5.41, 5.74) is 2.09. The third-order valence-corrected chi connectivity index (χ3v) is 4.66. The van der Waals surface area contributed by atoms with Gasteiger partial charge in [-0.1, -0.05) is 30.3 Å². The van der Waals surface area contributed by atoms with Crippen molar-refractivity contribution < 1.29 is 9.53 Å². The van der Waals surface area contributed by atoms with Gasteiger partial charge in [0.15, 0.2) is 0 Å². The molecule has 0 saturated heterocycles. The average Bonchev–Trinajstić information content (AvgIpc) is 3.46. The van der Waals surface area contributed by atoms with Crippen molar-refractivity contribution in [3.8, 4) is 5.75 Å². The van der Waals surface area contributed by atoms with Crippen LogP contribution in [0.15, 0.2) is 54.6 Å². The standard InChI is InChI=1S/C21H23N3O2/c25-21(16-10-11-16)22-13-12-20-23-18-8-4-5-9-19(18)24(20)14-15-26-17-6-2-1-3-7-17/h1-9,16H,10-15H2,(H,22,25). The van der Waals surface area contributed by atoms with Crippen molar-refractivity contribution in [1.29, 1.82) is 0 Å². The first kappa shape index (κ1) is 16.6. The number of hydrogen-bond acceptors (Lipinski definition) is 3. The Morgan fingerprint density at radius 1 is 1.12 bits per heavy atom. The van der Waals surface area contributed by atoms with E-state index in [-0.39, 0.29) is 11.8 Å². The molecular formula is C21H23N3O2. The average molecular weight is 349 g/mol. The van der Waals surface area contributed by atoms with E-state index in [1.54, 1.807) is 0 Å². The Bertz CT molecular complexity index is 885. The van der Waals surface area contributed by atoms with Crippen molar-refractivity contribution in [2.24, 2.45) is 5.92 Å². The van der Waals surface area contributed by atoms with Gasteiger partial charge in [0.05, 0.1) is 17.6 Å². The summed E-state index contributed by atoms with van der Waals surface area (Å²) in [5, 5.41) is 3.02. The first-order valence-electron chi connectivity index (χ1n) is 9.21. The number of nitrogens with zero attached hydrogens (tertiary/aromatic N) is 2. The number of amides is 1. The van der Waals surface area contributed by atoms with Gasteiger partial charge in [0.25, 0.3) is 0 Å². The van der Waals surface area contributed by atoms with Gasteiger partial charge in [0.1, 0.15) is 18.2 Å². The van der Waals surface area contributed by atoms with Gasteiger partial charge >= 0.3 is 0 Å². The molecule has 0 unspecified atom stereocenters. The van der Waals surface area contributed by atoms with E-state index < -0.39 is 0 Å². The van der Waals surface area contributed by atoms with Crippen LogP contribution in [0.25, 0.3) is 11.0 Å². The summed E-state index contributed by atoms with van der Waals surface area (Å²) in [6.45, 7) is 1.92. The van der Waals surface area contributed by atoms with Gasteiger partial charge in [-0.05, 0) is 37.1 Å². The van der Waals surface area contributed by atoms with Crippen molar-refractivity contribution in [3.63, 3.8) is 0 Å². The zero-order chi connectivity index (χ0) is 17.8. The second kappa shape index (κ2) is 7.60. The van der Waals surface area contributed by atoms with Crippen molar-refractivity contribution >= 4 is 16.9 Å². The monoisotopic (exact) mass is 349 g/mol. The van der Waals surface area contributed by atoms with Gasteiger partial charge in [0.2, 0.25) is 5.91 Å². The molecule has 3 aromatic rings. The lowest BCUT2D eigenvalue weighted by Crippen LogP contribution is -2.27. The number of imidazole rings is 1. The Balaban J connectivity index is 1.43. The number of nitrogens with one attached hydrogen (secondary N) is 1. The molecule has 26 heavy (non-hydrogen) atoms. The van der Waals surface area contributed by atoms with Crippen LogP contribution in [0.2, 0.25) is 0 Å². The van der Waals surface area contributed by atoms with Crippen LogP contribution in [0, 0.1) is 5.92 Å². The summed E-state index contributed by atoms with van der Waals surface area (Å²) in [5.74, 6) is 2.28. The lowest BCUT2D eigenvalue weighted by molar-refractivity contribution is -0.122. The number of ether oxygens (including phenoxy) is 1. The second-order valence-electron chi connectivity index (χ2n) is 6.65. The normalized spacial score (nSPS) is 13.7. The number of rotatable bonds is 8. The van der Waals surface area contributed by atoms with Crippen molar-refractivity contribution in [3.05, 3.63) is 60.4 Å². The highest BCUT2D eigenvalue weighted by Gasteiger charge is 2.29. The maximum Gasteiger partial charge on any atom is 0.223 e. The van der Waals surface area contributed by atoms with E-state index in [0.29, 0.717) is 13.2 Å². The molecule has 1 saturated carbocycles. The molecular weight excluding hydrogens is 326 g/mol. The molecule has 0 atom stereocenters. The quantitative estimate of drug-likeness (QED) is 0.679. The van der Waals surface area contributed by atoms with Gasteiger partial charge in [0, 0.05) is 18.9 Å². The van der Waals surface area contributed by atoms with E-state index in [4.69, 9.17) is 9.72 Å². The third-order valence-electron chi connectivity index (χ3n) is 4.66. The van der Waals surface area contributed by atoms with Crippen LogP contribution >= 0.6 is 0 Å². The molecule has 1 aliphatic rings. The number of para-hydroxylation sites is 3. The fraction of sp³-hybridized carbons (Fsp3) is 0.333. The van der Waals surface area contributed by atoms with E-state index in [2.05, 4.69) is 16.0 Å². The minimum Gasteiger partial charge on any atom is -0.492 e. The van der Waals surface area contributed by atoms with Crippen LogP contribution in [-0.2, 0) is 17.8 Å². The Hall–Kier alpha value is -2.82. The molecule has 1 amide bonds. The Morgan fingerprint density at radius 3 is 2.69 bits per heavy atom. The van der Waals surface area contributed by atoms with Gasteiger partial charge in [-0.15, -0.1) is 0 Å². The number of carbonyl (C=O) groups excluding carboxylic acids is 1. The summed E-state index contributed by atoms with van der Waals surface area (Å²) in [6.07, 6.45) is 2.78.